The Morgan fingerprint density at radius 2 is 0.978 bits per heavy atom. The molecule has 0 saturated carbocycles. The summed E-state index contributed by atoms with van der Waals surface area (Å²) in [7, 11) is -1.24. The van der Waals surface area contributed by atoms with Gasteiger partial charge >= 0.3 is 0 Å². The molecular formula is C44H44P2. The highest BCUT2D eigenvalue weighted by Crippen LogP contribution is 2.57. The van der Waals surface area contributed by atoms with E-state index in [1.54, 1.807) is 32.6 Å². The number of rotatable bonds is 7. The van der Waals surface area contributed by atoms with Crippen molar-refractivity contribution in [1.29, 1.82) is 0 Å². The van der Waals surface area contributed by atoms with Gasteiger partial charge in [-0.1, -0.05) is 145 Å². The van der Waals surface area contributed by atoms with E-state index in [4.69, 9.17) is 0 Å². The standard InChI is InChI=1S/C44H44P2/c1-5-19-35(20-6-1)45(36-21-7-2-8-22-36)41-31-29-33-17-13-15-27-39(33)43(41)44-40-28-16-14-18-34(40)30-32-42(44)46(37-23-9-3-10-24-37)38-25-11-4-12-26-38/h1-12,19-26,29,31,42,44H,13-18,27-28,30,32H2/t42-,44+/m1/s1. The second-order valence-electron chi connectivity index (χ2n) is 13.3. The minimum absolute atomic E-state index is 0.482. The van der Waals surface area contributed by atoms with E-state index in [9.17, 15) is 0 Å². The molecule has 0 radical (unpaired) electrons. The maximum absolute atomic E-state index is 2.60. The third-order valence-corrected chi connectivity index (χ3v) is 16.1. The molecule has 0 aromatic heterocycles. The van der Waals surface area contributed by atoms with Crippen molar-refractivity contribution in [1.82, 2.24) is 0 Å². The van der Waals surface area contributed by atoms with Crippen LogP contribution in [-0.4, -0.2) is 5.66 Å². The first-order valence-corrected chi connectivity index (χ1v) is 20.3. The van der Waals surface area contributed by atoms with E-state index in [1.807, 2.05) is 11.1 Å². The lowest BCUT2D eigenvalue weighted by molar-refractivity contribution is 0.520. The highest BCUT2D eigenvalue weighted by atomic mass is 31.1. The summed E-state index contributed by atoms with van der Waals surface area (Å²) in [5.41, 5.74) is 9.33. The molecule has 8 rings (SSSR count). The second-order valence-corrected chi connectivity index (χ2v) is 17.9. The zero-order chi connectivity index (χ0) is 30.7. The maximum Gasteiger partial charge on any atom is 0.0134 e. The Balaban J connectivity index is 1.41. The number of hydrogen-bond donors (Lipinski definition) is 0. The molecule has 0 unspecified atom stereocenters. The van der Waals surface area contributed by atoms with Crippen molar-refractivity contribution in [3.05, 3.63) is 161 Å². The van der Waals surface area contributed by atoms with E-state index in [0.29, 0.717) is 11.6 Å². The number of allylic oxidation sites excluding steroid dienone is 2. The van der Waals surface area contributed by atoms with Crippen molar-refractivity contribution in [3.8, 4) is 0 Å². The lowest BCUT2D eigenvalue weighted by atomic mass is 9.70. The van der Waals surface area contributed by atoms with Crippen LogP contribution >= 0.6 is 15.8 Å². The summed E-state index contributed by atoms with van der Waals surface area (Å²) < 4.78 is 0. The van der Waals surface area contributed by atoms with Gasteiger partial charge in [0.25, 0.3) is 0 Å². The Bertz CT molecular complexity index is 1710. The SMILES string of the molecule is c1ccc(P(c2ccccc2)c2ccc3c(c2[C@H]2C4=C(CCCC4)CC[C@H]2P(c2ccccc2)c2ccccc2)CCCC3)cc1. The molecule has 0 nitrogen and oxygen atoms in total. The van der Waals surface area contributed by atoms with Crippen molar-refractivity contribution in [2.75, 3.05) is 0 Å². The summed E-state index contributed by atoms with van der Waals surface area (Å²) >= 11 is 0. The zero-order valence-electron chi connectivity index (χ0n) is 26.8. The van der Waals surface area contributed by atoms with Crippen molar-refractivity contribution in [3.63, 3.8) is 0 Å². The average Bonchev–Trinajstić information content (AvgIpc) is 3.14. The van der Waals surface area contributed by atoms with Crippen molar-refractivity contribution in [2.45, 2.75) is 75.8 Å². The second kappa shape index (κ2) is 13.8. The van der Waals surface area contributed by atoms with Crippen LogP contribution in [0, 0.1) is 0 Å². The number of benzene rings is 5. The minimum Gasteiger partial charge on any atom is -0.0703 e. The van der Waals surface area contributed by atoms with E-state index in [2.05, 4.69) is 133 Å². The first kappa shape index (κ1) is 30.1. The molecule has 2 atom stereocenters. The molecule has 0 bridgehead atoms. The first-order valence-electron chi connectivity index (χ1n) is 17.5. The highest BCUT2D eigenvalue weighted by molar-refractivity contribution is 7.80. The van der Waals surface area contributed by atoms with Crippen LogP contribution in [0.2, 0.25) is 0 Å². The van der Waals surface area contributed by atoms with Crippen LogP contribution in [-0.2, 0) is 12.8 Å². The van der Waals surface area contributed by atoms with Gasteiger partial charge in [-0.25, -0.2) is 0 Å². The smallest absolute Gasteiger partial charge is 0.0134 e. The molecule has 0 saturated heterocycles. The summed E-state index contributed by atoms with van der Waals surface area (Å²) in [5.74, 6) is 0.482. The largest absolute Gasteiger partial charge is 0.0703 e. The highest BCUT2D eigenvalue weighted by Gasteiger charge is 2.42. The third-order valence-electron chi connectivity index (χ3n) is 10.7. The van der Waals surface area contributed by atoms with E-state index in [-0.39, 0.29) is 0 Å². The van der Waals surface area contributed by atoms with Gasteiger partial charge in [-0.15, -0.1) is 0 Å². The van der Waals surface area contributed by atoms with Crippen LogP contribution in [0.4, 0.5) is 0 Å². The van der Waals surface area contributed by atoms with Crippen molar-refractivity contribution in [2.24, 2.45) is 0 Å². The summed E-state index contributed by atoms with van der Waals surface area (Å²) in [5, 5.41) is 7.65. The fraction of sp³-hybridized carbons (Fsp3) is 0.273. The maximum atomic E-state index is 2.60. The fourth-order valence-electron chi connectivity index (χ4n) is 8.69. The van der Waals surface area contributed by atoms with Crippen LogP contribution in [0.5, 0.6) is 0 Å². The lowest BCUT2D eigenvalue weighted by Crippen LogP contribution is -2.36. The van der Waals surface area contributed by atoms with Gasteiger partial charge < -0.3 is 0 Å². The Labute approximate surface area is 278 Å². The molecule has 2 heteroatoms. The third kappa shape index (κ3) is 5.85. The molecule has 5 aromatic rings. The van der Waals surface area contributed by atoms with Gasteiger partial charge in [0.1, 0.15) is 0 Å². The Kier molecular flexibility index (Phi) is 9.03. The summed E-state index contributed by atoms with van der Waals surface area (Å²) in [6, 6.07) is 51.3. The predicted octanol–water partition coefficient (Wildman–Crippen LogP) is 9.57. The van der Waals surface area contributed by atoms with E-state index in [1.165, 1.54) is 74.8 Å². The van der Waals surface area contributed by atoms with E-state index in [0.717, 1.165) is 0 Å². The molecule has 0 aliphatic heterocycles. The molecule has 0 N–H and O–H groups in total. The number of aryl methyl sites for hydroxylation is 1. The van der Waals surface area contributed by atoms with Gasteiger partial charge in [0.2, 0.25) is 0 Å². The average molecular weight is 635 g/mol. The number of fused-ring (bicyclic) bond motifs is 1. The Morgan fingerprint density at radius 1 is 0.457 bits per heavy atom. The first-order chi connectivity index (χ1) is 22.9. The topological polar surface area (TPSA) is 0 Å². The van der Waals surface area contributed by atoms with Crippen LogP contribution < -0.4 is 26.5 Å². The monoisotopic (exact) mass is 634 g/mol. The molecule has 0 amide bonds. The van der Waals surface area contributed by atoms with Gasteiger partial charge in [-0.05, 0) is 129 Å². The Morgan fingerprint density at radius 3 is 1.59 bits per heavy atom. The summed E-state index contributed by atoms with van der Waals surface area (Å²) in [6.07, 6.45) is 13.0. The van der Waals surface area contributed by atoms with E-state index < -0.39 is 15.8 Å². The van der Waals surface area contributed by atoms with Crippen molar-refractivity contribution >= 4 is 42.4 Å². The molecule has 0 spiro atoms. The van der Waals surface area contributed by atoms with Crippen LogP contribution in [0.25, 0.3) is 0 Å². The molecular weight excluding hydrogens is 590 g/mol. The molecule has 230 valence electrons. The van der Waals surface area contributed by atoms with E-state index >= 15 is 0 Å². The normalized spacial score (nSPS) is 19.6. The van der Waals surface area contributed by atoms with Gasteiger partial charge in [0.05, 0.1) is 0 Å². The van der Waals surface area contributed by atoms with Gasteiger partial charge in [-0.2, -0.15) is 0 Å². The molecule has 3 aliphatic carbocycles. The van der Waals surface area contributed by atoms with Crippen LogP contribution in [0.1, 0.15) is 74.0 Å². The van der Waals surface area contributed by atoms with Crippen molar-refractivity contribution < 1.29 is 0 Å². The lowest BCUT2D eigenvalue weighted by Gasteiger charge is -2.45. The molecule has 5 aromatic carbocycles. The molecule has 3 aliphatic rings. The van der Waals surface area contributed by atoms with Gasteiger partial charge in [0.15, 0.2) is 0 Å². The molecule has 46 heavy (non-hydrogen) atoms. The zero-order valence-corrected chi connectivity index (χ0v) is 28.6. The molecule has 0 fully saturated rings. The summed E-state index contributed by atoms with van der Waals surface area (Å²) in [4.78, 5) is 0. The quantitative estimate of drug-likeness (QED) is 0.124. The summed E-state index contributed by atoms with van der Waals surface area (Å²) in [6.45, 7) is 0. The Hall–Kier alpha value is -3.30. The minimum atomic E-state index is -0.694. The van der Waals surface area contributed by atoms with Gasteiger partial charge in [-0.3, -0.25) is 0 Å². The van der Waals surface area contributed by atoms with Crippen LogP contribution in [0.15, 0.2) is 145 Å². The number of hydrogen-bond acceptors (Lipinski definition) is 0. The fourth-order valence-corrected chi connectivity index (χ4v) is 14.3. The van der Waals surface area contributed by atoms with Crippen LogP contribution in [0.3, 0.4) is 0 Å². The predicted molar refractivity (Wildman–Crippen MR) is 202 cm³/mol. The molecule has 0 heterocycles. The van der Waals surface area contributed by atoms with Gasteiger partial charge in [0, 0.05) is 5.92 Å².